The Morgan fingerprint density at radius 1 is 1.47 bits per heavy atom. The molecule has 0 saturated carbocycles. The number of hydrogen-bond acceptors (Lipinski definition) is 3. The number of nitrogens with one attached hydrogen (secondary N) is 1. The molecule has 0 aliphatic heterocycles. The summed E-state index contributed by atoms with van der Waals surface area (Å²) in [6, 6.07) is 0. The number of alkyl halides is 2. The van der Waals surface area contributed by atoms with Gasteiger partial charge in [-0.2, -0.15) is 0 Å². The highest BCUT2D eigenvalue weighted by atomic mass is 79.9. The molecule has 1 N–H and O–H groups in total. The molecule has 0 aliphatic carbocycles. The van der Waals surface area contributed by atoms with Crippen LogP contribution in [0.15, 0.2) is 20.4 Å². The van der Waals surface area contributed by atoms with Gasteiger partial charge >= 0.3 is 0 Å². The zero-order valence-corrected chi connectivity index (χ0v) is 9.96. The minimum Gasteiger partial charge on any atom is -0.327 e. The molecule has 0 atom stereocenters. The second-order valence-electron chi connectivity index (χ2n) is 2.45. The molecular weight excluding hydrogens is 319 g/mol. The van der Waals surface area contributed by atoms with Crippen LogP contribution in [0.3, 0.4) is 0 Å². The Hall–Kier alpha value is -0.470. The largest absolute Gasteiger partial charge is 0.327 e. The lowest BCUT2D eigenvalue weighted by molar-refractivity contribution is 0.149. The van der Waals surface area contributed by atoms with Crippen molar-refractivity contribution in [2.75, 3.05) is 0 Å². The van der Waals surface area contributed by atoms with Gasteiger partial charge in [0, 0.05) is 22.4 Å². The number of halogens is 4. The number of aromatic nitrogens is 1. The summed E-state index contributed by atoms with van der Waals surface area (Å²) in [5, 5.41) is 0. The summed E-state index contributed by atoms with van der Waals surface area (Å²) in [4.78, 5) is 12.0. The first-order chi connectivity index (χ1) is 6.75. The molecule has 1 aromatic heterocycles. The second-order valence-corrected chi connectivity index (χ2v) is 5.75. The van der Waals surface area contributed by atoms with Gasteiger partial charge in [-0.25, -0.2) is 17.2 Å². The Bertz CT molecular complexity index is 542. The quantitative estimate of drug-likeness (QED) is 0.847. The van der Waals surface area contributed by atoms with Crippen molar-refractivity contribution in [3.8, 4) is 0 Å². The SMILES string of the molecule is O=c1[nH]cc(C(F)F)c(Br)c1S(=O)(=O)Cl. The average Bonchev–Trinajstić information content (AvgIpc) is 2.00. The van der Waals surface area contributed by atoms with Gasteiger partial charge in [-0.05, 0) is 15.9 Å². The minimum absolute atomic E-state index is 0.517. The van der Waals surface area contributed by atoms with Crippen LogP contribution < -0.4 is 5.56 Å². The first kappa shape index (κ1) is 12.6. The van der Waals surface area contributed by atoms with Gasteiger partial charge in [-0.1, -0.05) is 0 Å². The summed E-state index contributed by atoms with van der Waals surface area (Å²) < 4.78 is 46.0. The molecule has 0 bridgehead atoms. The van der Waals surface area contributed by atoms with Crippen LogP contribution in [0.1, 0.15) is 12.0 Å². The first-order valence-electron chi connectivity index (χ1n) is 3.39. The molecule has 15 heavy (non-hydrogen) atoms. The summed E-state index contributed by atoms with van der Waals surface area (Å²) in [5.74, 6) is 0. The van der Waals surface area contributed by atoms with E-state index in [1.165, 1.54) is 0 Å². The van der Waals surface area contributed by atoms with Crippen LogP contribution in [0.4, 0.5) is 8.78 Å². The van der Waals surface area contributed by atoms with Gasteiger partial charge in [-0.3, -0.25) is 4.79 Å². The van der Waals surface area contributed by atoms with Gasteiger partial charge in [0.2, 0.25) is 0 Å². The maximum absolute atomic E-state index is 12.3. The predicted octanol–water partition coefficient (Wildman–Crippen LogP) is 2.00. The van der Waals surface area contributed by atoms with Crippen LogP contribution in [0.25, 0.3) is 0 Å². The summed E-state index contributed by atoms with van der Waals surface area (Å²) in [7, 11) is 0.551. The Morgan fingerprint density at radius 3 is 2.40 bits per heavy atom. The van der Waals surface area contributed by atoms with Gasteiger partial charge in [0.05, 0.1) is 4.47 Å². The molecule has 0 aromatic carbocycles. The van der Waals surface area contributed by atoms with Crippen molar-refractivity contribution in [2.45, 2.75) is 11.3 Å². The van der Waals surface area contributed by atoms with E-state index in [0.29, 0.717) is 0 Å². The Labute approximate surface area is 95.8 Å². The summed E-state index contributed by atoms with van der Waals surface area (Å²) >= 11 is 2.60. The van der Waals surface area contributed by atoms with Crippen LogP contribution in [-0.4, -0.2) is 13.4 Å². The maximum atomic E-state index is 12.3. The summed E-state index contributed by atoms with van der Waals surface area (Å²) in [5.41, 5.74) is -1.70. The third kappa shape index (κ3) is 2.56. The smallest absolute Gasteiger partial charge is 0.269 e. The molecule has 1 aromatic rings. The van der Waals surface area contributed by atoms with Gasteiger partial charge in [0.15, 0.2) is 4.90 Å². The van der Waals surface area contributed by atoms with E-state index in [0.717, 1.165) is 6.20 Å². The molecule has 4 nitrogen and oxygen atoms in total. The molecule has 1 heterocycles. The van der Waals surface area contributed by atoms with Crippen LogP contribution in [0, 0.1) is 0 Å². The second kappa shape index (κ2) is 4.18. The number of hydrogen-bond donors (Lipinski definition) is 1. The molecule has 0 radical (unpaired) electrons. The van der Waals surface area contributed by atoms with E-state index in [1.807, 2.05) is 4.98 Å². The molecule has 9 heteroatoms. The van der Waals surface area contributed by atoms with Gasteiger partial charge in [0.25, 0.3) is 21.0 Å². The molecular formula is C6H3BrClF2NO3S. The fourth-order valence-corrected chi connectivity index (χ4v) is 3.32. The van der Waals surface area contributed by atoms with Crippen LogP contribution >= 0.6 is 26.6 Å². The van der Waals surface area contributed by atoms with Crippen molar-refractivity contribution in [1.82, 2.24) is 4.98 Å². The van der Waals surface area contributed by atoms with Crippen molar-refractivity contribution in [2.24, 2.45) is 0 Å². The molecule has 0 fully saturated rings. The van der Waals surface area contributed by atoms with E-state index in [2.05, 4.69) is 15.9 Å². The van der Waals surface area contributed by atoms with Crippen molar-refractivity contribution >= 4 is 35.7 Å². The summed E-state index contributed by atoms with van der Waals surface area (Å²) in [6.45, 7) is 0. The topological polar surface area (TPSA) is 67.0 Å². The Morgan fingerprint density at radius 2 is 2.00 bits per heavy atom. The fraction of sp³-hybridized carbons (Fsp3) is 0.167. The monoisotopic (exact) mass is 321 g/mol. The number of pyridine rings is 1. The molecule has 0 spiro atoms. The molecule has 0 amide bonds. The third-order valence-electron chi connectivity index (χ3n) is 1.50. The van der Waals surface area contributed by atoms with E-state index in [1.54, 1.807) is 0 Å². The Balaban J connectivity index is 3.66. The summed E-state index contributed by atoms with van der Waals surface area (Å²) in [6.07, 6.45) is -2.20. The van der Waals surface area contributed by atoms with Gasteiger partial charge < -0.3 is 4.98 Å². The average molecular weight is 323 g/mol. The van der Waals surface area contributed by atoms with E-state index in [-0.39, 0.29) is 0 Å². The standard InChI is InChI=1S/C6H3BrClF2NO3S/c7-3-2(5(9)10)1-11-6(12)4(3)15(8,13)14/h1,5H,(H,11,12). The van der Waals surface area contributed by atoms with Gasteiger partial charge in [0.1, 0.15) is 0 Å². The third-order valence-corrected chi connectivity index (χ3v) is 3.95. The lowest BCUT2D eigenvalue weighted by atomic mass is 10.3. The molecule has 0 saturated heterocycles. The van der Waals surface area contributed by atoms with E-state index >= 15 is 0 Å². The predicted molar refractivity (Wildman–Crippen MR) is 52.8 cm³/mol. The van der Waals surface area contributed by atoms with E-state index < -0.39 is 36.0 Å². The molecule has 0 aliphatic rings. The number of H-pyrrole nitrogens is 1. The minimum atomic E-state index is -4.37. The normalized spacial score (nSPS) is 12.1. The maximum Gasteiger partial charge on any atom is 0.269 e. The van der Waals surface area contributed by atoms with Crippen LogP contribution in [0.5, 0.6) is 0 Å². The zero-order chi connectivity index (χ0) is 11.8. The molecule has 84 valence electrons. The Kier molecular flexibility index (Phi) is 3.51. The zero-order valence-electron chi connectivity index (χ0n) is 6.80. The van der Waals surface area contributed by atoms with Gasteiger partial charge in [-0.15, -0.1) is 0 Å². The van der Waals surface area contributed by atoms with Crippen molar-refractivity contribution in [3.63, 3.8) is 0 Å². The van der Waals surface area contributed by atoms with Crippen molar-refractivity contribution < 1.29 is 17.2 Å². The molecule has 1 rings (SSSR count). The highest BCUT2D eigenvalue weighted by Crippen LogP contribution is 2.30. The van der Waals surface area contributed by atoms with Crippen molar-refractivity contribution in [1.29, 1.82) is 0 Å². The van der Waals surface area contributed by atoms with E-state index in [4.69, 9.17) is 10.7 Å². The first-order valence-corrected chi connectivity index (χ1v) is 6.49. The van der Waals surface area contributed by atoms with E-state index in [9.17, 15) is 22.0 Å². The molecule has 0 unspecified atom stereocenters. The van der Waals surface area contributed by atoms with Crippen LogP contribution in [0.2, 0.25) is 0 Å². The number of aromatic amines is 1. The van der Waals surface area contributed by atoms with Crippen LogP contribution in [-0.2, 0) is 9.05 Å². The fourth-order valence-electron chi connectivity index (χ4n) is 0.880. The van der Waals surface area contributed by atoms with Crippen molar-refractivity contribution in [3.05, 3.63) is 26.6 Å². The lowest BCUT2D eigenvalue weighted by Gasteiger charge is -2.05. The number of rotatable bonds is 2. The lowest BCUT2D eigenvalue weighted by Crippen LogP contribution is -2.16. The highest BCUT2D eigenvalue weighted by Gasteiger charge is 2.24. The highest BCUT2D eigenvalue weighted by molar-refractivity contribution is 9.10.